The van der Waals surface area contributed by atoms with Crippen molar-refractivity contribution in [3.8, 4) is 5.75 Å². The van der Waals surface area contributed by atoms with Crippen molar-refractivity contribution in [1.29, 1.82) is 0 Å². The first-order chi connectivity index (χ1) is 15.7. The molecule has 0 aliphatic carbocycles. The predicted molar refractivity (Wildman–Crippen MR) is 133 cm³/mol. The van der Waals surface area contributed by atoms with Crippen LogP contribution in [0.3, 0.4) is 0 Å². The van der Waals surface area contributed by atoms with Crippen molar-refractivity contribution in [2.24, 2.45) is 11.8 Å². The lowest BCUT2D eigenvalue weighted by Crippen LogP contribution is -2.52. The molecule has 0 unspecified atom stereocenters. The molecule has 1 fully saturated rings. The summed E-state index contributed by atoms with van der Waals surface area (Å²) in [4.78, 5) is 23.5. The Labute approximate surface area is 205 Å². The van der Waals surface area contributed by atoms with Crippen molar-refractivity contribution >= 4 is 20.6 Å². The predicted octanol–water partition coefficient (Wildman–Crippen LogP) is 4.77. The molecular formula is C26H42O7Si. The minimum absolute atomic E-state index is 0.0217. The average molecular weight is 495 g/mol. The van der Waals surface area contributed by atoms with Crippen LogP contribution >= 0.6 is 0 Å². The first-order valence-corrected chi connectivity index (χ1v) is 14.8. The van der Waals surface area contributed by atoms with Crippen LogP contribution in [0.25, 0.3) is 0 Å². The Bertz CT molecular complexity index is 817. The van der Waals surface area contributed by atoms with Gasteiger partial charge in [-0.25, -0.2) is 0 Å². The van der Waals surface area contributed by atoms with E-state index in [4.69, 9.17) is 23.4 Å². The van der Waals surface area contributed by atoms with E-state index in [2.05, 4.69) is 40.8 Å². The highest BCUT2D eigenvalue weighted by atomic mass is 28.4. The summed E-state index contributed by atoms with van der Waals surface area (Å²) in [5.41, 5.74) is 0.401. The van der Waals surface area contributed by atoms with Crippen LogP contribution in [0.15, 0.2) is 24.3 Å². The Kier molecular flexibility index (Phi) is 9.49. The number of methoxy groups -OCH3 is 1. The van der Waals surface area contributed by atoms with Crippen molar-refractivity contribution in [1.82, 2.24) is 0 Å². The zero-order valence-electron chi connectivity index (χ0n) is 22.2. The van der Waals surface area contributed by atoms with Gasteiger partial charge in [-0.3, -0.25) is 4.79 Å². The Morgan fingerprint density at radius 2 is 1.82 bits per heavy atom. The second-order valence-electron chi connectivity index (χ2n) is 11.0. The maximum Gasteiger partial charge on any atom is 0.302 e. The third-order valence-electron chi connectivity index (χ3n) is 7.05. The normalized spacial score (nSPS) is 23.0. The Hall–Kier alpha value is -1.74. The fourth-order valence-electron chi connectivity index (χ4n) is 3.86. The monoisotopic (exact) mass is 494 g/mol. The number of rotatable bonds is 13. The molecule has 0 spiro atoms. The standard InChI is InChI=1S/C26H42O7Si/c1-18(15-30-16-20-10-12-22(29-7)13-11-20)23-26(6,32-23)24(21(14-27)17-31-19(2)28)33-34(8,9)25(3,4)5/h10-14,18,21,23-24H,15-17H2,1-9H3/t18-,21+,23+,24-,26+/m0/s1. The molecule has 1 heterocycles. The summed E-state index contributed by atoms with van der Waals surface area (Å²) in [7, 11) is -0.593. The van der Waals surface area contributed by atoms with Gasteiger partial charge < -0.3 is 28.2 Å². The van der Waals surface area contributed by atoms with Crippen molar-refractivity contribution < 1.29 is 33.0 Å². The van der Waals surface area contributed by atoms with Crippen molar-refractivity contribution in [3.63, 3.8) is 0 Å². The van der Waals surface area contributed by atoms with Crippen LogP contribution in [0.4, 0.5) is 0 Å². The smallest absolute Gasteiger partial charge is 0.302 e. The lowest BCUT2D eigenvalue weighted by atomic mass is 9.87. The van der Waals surface area contributed by atoms with Crippen LogP contribution in [0.1, 0.15) is 47.1 Å². The van der Waals surface area contributed by atoms with Gasteiger partial charge in [0, 0.05) is 12.8 Å². The van der Waals surface area contributed by atoms with Gasteiger partial charge in [0.15, 0.2) is 8.32 Å². The molecule has 192 valence electrons. The molecule has 0 amide bonds. The van der Waals surface area contributed by atoms with Gasteiger partial charge in [-0.05, 0) is 42.8 Å². The molecule has 1 aliphatic rings. The Morgan fingerprint density at radius 1 is 1.21 bits per heavy atom. The molecule has 2 rings (SSSR count). The zero-order chi connectivity index (χ0) is 25.7. The van der Waals surface area contributed by atoms with Gasteiger partial charge in [-0.2, -0.15) is 0 Å². The van der Waals surface area contributed by atoms with E-state index >= 15 is 0 Å². The van der Waals surface area contributed by atoms with Gasteiger partial charge in [0.25, 0.3) is 0 Å². The molecule has 5 atom stereocenters. The summed E-state index contributed by atoms with van der Waals surface area (Å²) < 4.78 is 29.3. The molecule has 34 heavy (non-hydrogen) atoms. The van der Waals surface area contributed by atoms with E-state index in [0.29, 0.717) is 13.2 Å². The molecule has 0 N–H and O–H groups in total. The van der Waals surface area contributed by atoms with Crippen LogP contribution in [-0.2, 0) is 34.8 Å². The first kappa shape index (κ1) is 28.5. The summed E-state index contributed by atoms with van der Waals surface area (Å²) >= 11 is 0. The second kappa shape index (κ2) is 11.3. The van der Waals surface area contributed by atoms with Crippen molar-refractivity contribution in [3.05, 3.63) is 29.8 Å². The number of ether oxygens (including phenoxy) is 4. The highest BCUT2D eigenvalue weighted by Crippen LogP contribution is 2.49. The van der Waals surface area contributed by atoms with E-state index in [0.717, 1.165) is 17.6 Å². The number of hydrogen-bond acceptors (Lipinski definition) is 7. The van der Waals surface area contributed by atoms with Gasteiger partial charge in [0.05, 0.1) is 38.4 Å². The molecule has 1 aromatic carbocycles. The summed E-state index contributed by atoms with van der Waals surface area (Å²) in [6.45, 7) is 17.1. The van der Waals surface area contributed by atoms with Gasteiger partial charge in [0.1, 0.15) is 24.2 Å². The number of esters is 1. The number of benzene rings is 1. The zero-order valence-corrected chi connectivity index (χ0v) is 23.2. The SMILES string of the molecule is COc1ccc(COC[C@H](C)[C@H]2O[C@@]2(C)[C@@H](O[Si](C)(C)C(C)(C)C)[C@H](C=O)COC(C)=O)cc1. The Balaban J connectivity index is 2.08. The Morgan fingerprint density at radius 3 is 2.32 bits per heavy atom. The first-order valence-electron chi connectivity index (χ1n) is 11.9. The molecule has 1 aromatic rings. The molecule has 7 nitrogen and oxygen atoms in total. The molecule has 0 saturated carbocycles. The molecule has 1 saturated heterocycles. The topological polar surface area (TPSA) is 83.6 Å². The lowest BCUT2D eigenvalue weighted by molar-refractivity contribution is -0.144. The highest BCUT2D eigenvalue weighted by Gasteiger charge is 2.63. The molecule has 0 radical (unpaired) electrons. The van der Waals surface area contributed by atoms with Gasteiger partial charge >= 0.3 is 5.97 Å². The molecule has 8 heteroatoms. The molecule has 0 aromatic heterocycles. The minimum Gasteiger partial charge on any atom is -0.497 e. The number of hydrogen-bond donors (Lipinski definition) is 0. The molecule has 0 bridgehead atoms. The van der Waals surface area contributed by atoms with E-state index in [1.54, 1.807) is 7.11 Å². The quantitative estimate of drug-likeness (QED) is 0.169. The second-order valence-corrected chi connectivity index (χ2v) is 15.7. The van der Waals surface area contributed by atoms with E-state index in [1.165, 1.54) is 6.92 Å². The third kappa shape index (κ3) is 7.13. The van der Waals surface area contributed by atoms with Crippen LogP contribution in [0.2, 0.25) is 18.1 Å². The maximum atomic E-state index is 12.1. The highest BCUT2D eigenvalue weighted by molar-refractivity contribution is 6.74. The van der Waals surface area contributed by atoms with Crippen molar-refractivity contribution in [2.75, 3.05) is 20.3 Å². The summed E-state index contributed by atoms with van der Waals surface area (Å²) in [6.07, 6.45) is 0.187. The van der Waals surface area contributed by atoms with Crippen LogP contribution in [0.5, 0.6) is 5.75 Å². The lowest BCUT2D eigenvalue weighted by Gasteiger charge is -2.42. The van der Waals surface area contributed by atoms with Crippen LogP contribution in [-0.4, -0.2) is 58.7 Å². The van der Waals surface area contributed by atoms with E-state index < -0.39 is 31.9 Å². The van der Waals surface area contributed by atoms with E-state index in [1.807, 2.05) is 31.2 Å². The molecule has 1 aliphatic heterocycles. The largest absolute Gasteiger partial charge is 0.497 e. The van der Waals surface area contributed by atoms with Crippen LogP contribution < -0.4 is 4.74 Å². The third-order valence-corrected chi connectivity index (χ3v) is 11.5. The van der Waals surface area contributed by atoms with Gasteiger partial charge in [-0.1, -0.05) is 39.8 Å². The minimum atomic E-state index is -2.24. The van der Waals surface area contributed by atoms with E-state index in [9.17, 15) is 9.59 Å². The van der Waals surface area contributed by atoms with Gasteiger partial charge in [0.2, 0.25) is 0 Å². The average Bonchev–Trinajstić information content (AvgIpc) is 3.45. The number of carbonyl (C=O) groups excluding carboxylic acids is 2. The maximum absolute atomic E-state index is 12.1. The fraction of sp³-hybridized carbons (Fsp3) is 0.692. The fourth-order valence-corrected chi connectivity index (χ4v) is 5.25. The van der Waals surface area contributed by atoms with Crippen LogP contribution in [0, 0.1) is 11.8 Å². The van der Waals surface area contributed by atoms with Crippen molar-refractivity contribution in [2.45, 2.75) is 84.1 Å². The number of aldehydes is 1. The number of epoxide rings is 1. The summed E-state index contributed by atoms with van der Waals surface area (Å²) in [5, 5.41) is -0.0477. The summed E-state index contributed by atoms with van der Waals surface area (Å²) in [6, 6.07) is 7.78. The van der Waals surface area contributed by atoms with E-state index in [-0.39, 0.29) is 23.7 Å². The summed E-state index contributed by atoms with van der Waals surface area (Å²) in [5.74, 6) is -0.127. The molecular weight excluding hydrogens is 452 g/mol. The van der Waals surface area contributed by atoms with Gasteiger partial charge in [-0.15, -0.1) is 0 Å². The number of carbonyl (C=O) groups is 2.